The van der Waals surface area contributed by atoms with Crippen molar-refractivity contribution in [1.29, 1.82) is 0 Å². The lowest BCUT2D eigenvalue weighted by atomic mass is 10.0. The molecule has 0 radical (unpaired) electrons. The van der Waals surface area contributed by atoms with Gasteiger partial charge in [-0.3, -0.25) is 0 Å². The van der Waals surface area contributed by atoms with Gasteiger partial charge in [-0.05, 0) is 12.1 Å². The minimum atomic E-state index is -0.665. The monoisotopic (exact) mass is 262 g/mol. The Labute approximate surface area is 112 Å². The van der Waals surface area contributed by atoms with Crippen molar-refractivity contribution in [2.45, 2.75) is 12.5 Å². The molecule has 1 aromatic heterocycles. The summed E-state index contributed by atoms with van der Waals surface area (Å²) < 4.78 is 12.3. The van der Waals surface area contributed by atoms with Crippen molar-refractivity contribution in [2.75, 3.05) is 14.2 Å². The molecule has 19 heavy (non-hydrogen) atoms. The van der Waals surface area contributed by atoms with Crippen LogP contribution in [0.1, 0.15) is 17.5 Å². The van der Waals surface area contributed by atoms with E-state index in [1.807, 2.05) is 23.9 Å². The van der Waals surface area contributed by atoms with Crippen molar-refractivity contribution in [3.63, 3.8) is 0 Å². The summed E-state index contributed by atoms with van der Waals surface area (Å²) in [7, 11) is 5.07. The summed E-state index contributed by atoms with van der Waals surface area (Å²) in [4.78, 5) is 4.21. The second kappa shape index (κ2) is 5.75. The van der Waals surface area contributed by atoms with Gasteiger partial charge in [-0.15, -0.1) is 0 Å². The van der Waals surface area contributed by atoms with E-state index in [1.54, 1.807) is 32.5 Å². The van der Waals surface area contributed by atoms with Crippen LogP contribution in [-0.4, -0.2) is 28.9 Å². The maximum atomic E-state index is 10.3. The van der Waals surface area contributed by atoms with Crippen molar-refractivity contribution in [3.05, 3.63) is 42.0 Å². The number of ether oxygens (including phenoxy) is 2. The minimum absolute atomic E-state index is 0.437. The van der Waals surface area contributed by atoms with Crippen LogP contribution in [0, 0.1) is 0 Å². The van der Waals surface area contributed by atoms with E-state index in [2.05, 4.69) is 4.98 Å². The van der Waals surface area contributed by atoms with Crippen LogP contribution >= 0.6 is 0 Å². The molecule has 0 saturated heterocycles. The Morgan fingerprint density at radius 1 is 1.32 bits per heavy atom. The Hall–Kier alpha value is -2.01. The van der Waals surface area contributed by atoms with Crippen LogP contribution in [0.15, 0.2) is 30.6 Å². The van der Waals surface area contributed by atoms with Gasteiger partial charge in [-0.2, -0.15) is 0 Å². The molecule has 2 aromatic rings. The van der Waals surface area contributed by atoms with Crippen LogP contribution in [-0.2, 0) is 13.5 Å². The quantitative estimate of drug-likeness (QED) is 0.891. The zero-order valence-corrected chi connectivity index (χ0v) is 11.3. The average molecular weight is 262 g/mol. The van der Waals surface area contributed by atoms with Gasteiger partial charge in [0.25, 0.3) is 0 Å². The van der Waals surface area contributed by atoms with E-state index >= 15 is 0 Å². The lowest BCUT2D eigenvalue weighted by Crippen LogP contribution is -2.08. The van der Waals surface area contributed by atoms with Crippen LogP contribution in [0.3, 0.4) is 0 Å². The van der Waals surface area contributed by atoms with Gasteiger partial charge < -0.3 is 19.1 Å². The van der Waals surface area contributed by atoms with Crippen molar-refractivity contribution in [2.24, 2.45) is 7.05 Å². The summed E-state index contributed by atoms with van der Waals surface area (Å²) in [5, 5.41) is 10.3. The van der Waals surface area contributed by atoms with Gasteiger partial charge in [0, 0.05) is 37.5 Å². The zero-order chi connectivity index (χ0) is 13.8. The van der Waals surface area contributed by atoms with Crippen LogP contribution in [0.5, 0.6) is 11.5 Å². The van der Waals surface area contributed by atoms with E-state index in [1.165, 1.54) is 0 Å². The second-order valence-electron chi connectivity index (χ2n) is 4.28. The summed E-state index contributed by atoms with van der Waals surface area (Å²) in [5.74, 6) is 2.14. The molecule has 1 unspecified atom stereocenters. The normalized spacial score (nSPS) is 12.2. The Morgan fingerprint density at radius 2 is 2.11 bits per heavy atom. The van der Waals surface area contributed by atoms with Crippen molar-refractivity contribution in [3.8, 4) is 11.5 Å². The first kappa shape index (κ1) is 13.4. The highest BCUT2D eigenvalue weighted by atomic mass is 16.5. The molecule has 0 spiro atoms. The van der Waals surface area contributed by atoms with Gasteiger partial charge in [0.15, 0.2) is 0 Å². The standard InChI is InChI=1S/C14H18N2O3/c1-16-7-6-15-14(16)9-12(17)11-5-4-10(18-2)8-13(11)19-3/h4-8,12,17H,9H2,1-3H3. The zero-order valence-electron chi connectivity index (χ0n) is 11.3. The van der Waals surface area contributed by atoms with Gasteiger partial charge in [-0.1, -0.05) is 0 Å². The predicted molar refractivity (Wildman–Crippen MR) is 71.4 cm³/mol. The van der Waals surface area contributed by atoms with Crippen LogP contribution < -0.4 is 9.47 Å². The summed E-state index contributed by atoms with van der Waals surface area (Å²) in [6.07, 6.45) is 3.34. The largest absolute Gasteiger partial charge is 0.497 e. The summed E-state index contributed by atoms with van der Waals surface area (Å²) in [6.45, 7) is 0. The fourth-order valence-electron chi connectivity index (χ4n) is 1.97. The fraction of sp³-hybridized carbons (Fsp3) is 0.357. The number of aliphatic hydroxyl groups excluding tert-OH is 1. The van der Waals surface area contributed by atoms with Gasteiger partial charge >= 0.3 is 0 Å². The summed E-state index contributed by atoms with van der Waals surface area (Å²) >= 11 is 0. The van der Waals surface area contributed by atoms with Gasteiger partial charge in [0.1, 0.15) is 17.3 Å². The molecule has 1 aromatic carbocycles. The van der Waals surface area contributed by atoms with E-state index in [9.17, 15) is 5.11 Å². The molecule has 2 rings (SSSR count). The smallest absolute Gasteiger partial charge is 0.128 e. The van der Waals surface area contributed by atoms with Gasteiger partial charge in [0.05, 0.1) is 20.3 Å². The van der Waals surface area contributed by atoms with E-state index in [-0.39, 0.29) is 0 Å². The molecule has 0 aliphatic heterocycles. The molecule has 1 heterocycles. The number of rotatable bonds is 5. The molecule has 0 bridgehead atoms. The summed E-state index contributed by atoms with van der Waals surface area (Å²) in [6, 6.07) is 5.38. The fourth-order valence-corrected chi connectivity index (χ4v) is 1.97. The Kier molecular flexibility index (Phi) is 4.06. The molecular formula is C14H18N2O3. The Balaban J connectivity index is 2.23. The highest BCUT2D eigenvalue weighted by Crippen LogP contribution is 2.30. The highest BCUT2D eigenvalue weighted by molar-refractivity contribution is 5.42. The van der Waals surface area contributed by atoms with E-state index in [0.717, 1.165) is 11.4 Å². The van der Waals surface area contributed by atoms with Crippen LogP contribution in [0.4, 0.5) is 0 Å². The van der Waals surface area contributed by atoms with Crippen molar-refractivity contribution >= 4 is 0 Å². The maximum Gasteiger partial charge on any atom is 0.128 e. The Morgan fingerprint density at radius 3 is 2.68 bits per heavy atom. The number of benzene rings is 1. The predicted octanol–water partition coefficient (Wildman–Crippen LogP) is 1.71. The number of nitrogens with zero attached hydrogens (tertiary/aromatic N) is 2. The average Bonchev–Trinajstić information content (AvgIpc) is 2.83. The first-order valence-electron chi connectivity index (χ1n) is 6.02. The molecule has 1 atom stereocenters. The second-order valence-corrected chi connectivity index (χ2v) is 4.28. The van der Waals surface area contributed by atoms with E-state index in [0.29, 0.717) is 17.9 Å². The topological polar surface area (TPSA) is 56.5 Å². The number of methoxy groups -OCH3 is 2. The molecule has 0 amide bonds. The van der Waals surface area contributed by atoms with Crippen molar-refractivity contribution < 1.29 is 14.6 Å². The number of aromatic nitrogens is 2. The molecule has 1 N–H and O–H groups in total. The van der Waals surface area contributed by atoms with Gasteiger partial charge in [0.2, 0.25) is 0 Å². The molecule has 5 nitrogen and oxygen atoms in total. The third kappa shape index (κ3) is 2.88. The molecule has 102 valence electrons. The number of aryl methyl sites for hydroxylation is 1. The molecule has 0 fully saturated rings. The van der Waals surface area contributed by atoms with Crippen LogP contribution in [0.25, 0.3) is 0 Å². The number of imidazole rings is 1. The van der Waals surface area contributed by atoms with E-state index in [4.69, 9.17) is 9.47 Å². The van der Waals surface area contributed by atoms with Crippen molar-refractivity contribution in [1.82, 2.24) is 9.55 Å². The van der Waals surface area contributed by atoms with Gasteiger partial charge in [-0.25, -0.2) is 4.98 Å². The lowest BCUT2D eigenvalue weighted by Gasteiger charge is -2.15. The molecule has 0 saturated carbocycles. The Bertz CT molecular complexity index is 551. The molecule has 0 aliphatic rings. The third-order valence-corrected chi connectivity index (χ3v) is 3.10. The third-order valence-electron chi connectivity index (χ3n) is 3.10. The van der Waals surface area contributed by atoms with E-state index < -0.39 is 6.10 Å². The molecule has 5 heteroatoms. The maximum absolute atomic E-state index is 10.3. The highest BCUT2D eigenvalue weighted by Gasteiger charge is 2.16. The minimum Gasteiger partial charge on any atom is -0.497 e. The van der Waals surface area contributed by atoms with Crippen LogP contribution in [0.2, 0.25) is 0 Å². The summed E-state index contributed by atoms with van der Waals surface area (Å²) in [5.41, 5.74) is 0.728. The lowest BCUT2D eigenvalue weighted by molar-refractivity contribution is 0.170. The number of aliphatic hydroxyl groups is 1. The SMILES string of the molecule is COc1ccc(C(O)Cc2nccn2C)c(OC)c1. The number of hydrogen-bond acceptors (Lipinski definition) is 4. The number of hydrogen-bond donors (Lipinski definition) is 1. The molecular weight excluding hydrogens is 244 g/mol. The molecule has 0 aliphatic carbocycles. The first-order chi connectivity index (χ1) is 9.15. The first-order valence-corrected chi connectivity index (χ1v) is 6.02.